The predicted molar refractivity (Wildman–Crippen MR) is 62.9 cm³/mol. The van der Waals surface area contributed by atoms with Crippen molar-refractivity contribution in [3.8, 4) is 0 Å². The number of hydrogen-bond donors (Lipinski definition) is 3. The molecule has 0 radical (unpaired) electrons. The predicted octanol–water partition coefficient (Wildman–Crippen LogP) is -1.63. The minimum absolute atomic E-state index is 0.0972. The third-order valence-corrected chi connectivity index (χ3v) is 2.23. The molecule has 1 rings (SSSR count). The van der Waals surface area contributed by atoms with E-state index in [0.29, 0.717) is 11.4 Å². The summed E-state index contributed by atoms with van der Waals surface area (Å²) in [5, 5.41) is 25.1. The highest BCUT2D eigenvalue weighted by molar-refractivity contribution is 6.07. The minimum atomic E-state index is -1.01. The number of anilines is 1. The summed E-state index contributed by atoms with van der Waals surface area (Å²) in [7, 11) is 0. The van der Waals surface area contributed by atoms with Crippen molar-refractivity contribution in [2.75, 3.05) is 5.01 Å². The molecule has 0 fully saturated rings. The second-order valence-electron chi connectivity index (χ2n) is 3.54. The highest BCUT2D eigenvalue weighted by Crippen LogP contribution is 2.12. The lowest BCUT2D eigenvalue weighted by atomic mass is 10.0. The van der Waals surface area contributed by atoms with Crippen LogP contribution in [0.25, 0.3) is 0 Å². The summed E-state index contributed by atoms with van der Waals surface area (Å²) >= 11 is 0. The quantitative estimate of drug-likeness (QED) is 0.137. The van der Waals surface area contributed by atoms with Gasteiger partial charge in [0.2, 0.25) is 0 Å². The number of hydrogen-bond acceptors (Lipinski definition) is 7. The molecule has 19 heavy (non-hydrogen) atoms. The Kier molecular flexibility index (Phi) is 4.82. The van der Waals surface area contributed by atoms with E-state index >= 15 is 0 Å². The molecule has 0 bridgehead atoms. The number of H-pyrrole nitrogens is 1. The number of rotatable bonds is 6. The maximum absolute atomic E-state index is 12.1. The standard InChI is InChI=1S/C7H13N9O3/c1-2-3-4(5(8)12-16(18)19)6(17)15(9)7-10-13-14-11-7/h4H,2-3,9H2,1H3,(H2,8,12)(H,10,11,13,14). The highest BCUT2D eigenvalue weighted by atomic mass is 16.7. The number of carbonyl (C=O) groups is 1. The Balaban J connectivity index is 2.93. The van der Waals surface area contributed by atoms with Crippen LogP contribution in [0.1, 0.15) is 19.8 Å². The Morgan fingerprint density at radius 2 is 2.37 bits per heavy atom. The zero-order chi connectivity index (χ0) is 14.4. The van der Waals surface area contributed by atoms with Crippen molar-refractivity contribution in [2.24, 2.45) is 22.6 Å². The van der Waals surface area contributed by atoms with Crippen LogP contribution in [0.15, 0.2) is 5.10 Å². The van der Waals surface area contributed by atoms with E-state index in [2.05, 4.69) is 25.7 Å². The number of carbonyl (C=O) groups excluding carboxylic acids is 1. The van der Waals surface area contributed by atoms with Crippen LogP contribution >= 0.6 is 0 Å². The number of aromatic nitrogens is 4. The summed E-state index contributed by atoms with van der Waals surface area (Å²) in [6.45, 7) is 1.79. The summed E-state index contributed by atoms with van der Waals surface area (Å²) < 4.78 is 0. The second-order valence-corrected chi connectivity index (χ2v) is 3.54. The van der Waals surface area contributed by atoms with Gasteiger partial charge in [0, 0.05) is 0 Å². The summed E-state index contributed by atoms with van der Waals surface area (Å²) in [6.07, 6.45) is 0.824. The number of nitrogens with zero attached hydrogens (tertiary/aromatic N) is 6. The van der Waals surface area contributed by atoms with E-state index in [1.807, 2.05) is 0 Å². The fourth-order valence-corrected chi connectivity index (χ4v) is 1.38. The first-order valence-corrected chi connectivity index (χ1v) is 5.28. The van der Waals surface area contributed by atoms with Gasteiger partial charge >= 0.3 is 0 Å². The van der Waals surface area contributed by atoms with Crippen LogP contribution in [-0.2, 0) is 4.79 Å². The molecule has 0 aliphatic carbocycles. The minimum Gasteiger partial charge on any atom is -0.381 e. The van der Waals surface area contributed by atoms with E-state index in [1.54, 1.807) is 6.92 Å². The van der Waals surface area contributed by atoms with Crippen molar-refractivity contribution >= 4 is 17.7 Å². The molecule has 0 saturated heterocycles. The molecular formula is C7H13N9O3. The van der Waals surface area contributed by atoms with Gasteiger partial charge in [-0.2, -0.15) is 0 Å². The monoisotopic (exact) mass is 271 g/mol. The van der Waals surface area contributed by atoms with Crippen LogP contribution in [0.5, 0.6) is 0 Å². The first-order chi connectivity index (χ1) is 8.97. The van der Waals surface area contributed by atoms with E-state index in [4.69, 9.17) is 11.6 Å². The Morgan fingerprint density at radius 1 is 1.68 bits per heavy atom. The fourth-order valence-electron chi connectivity index (χ4n) is 1.38. The number of tetrazole rings is 1. The number of aromatic amines is 1. The number of nitro groups is 1. The molecule has 1 aromatic heterocycles. The number of nitrogens with two attached hydrogens (primary N) is 2. The third-order valence-electron chi connectivity index (χ3n) is 2.23. The lowest BCUT2D eigenvalue weighted by Crippen LogP contribution is -2.46. The number of amidine groups is 1. The molecule has 104 valence electrons. The average Bonchev–Trinajstić information content (AvgIpc) is 2.86. The zero-order valence-corrected chi connectivity index (χ0v) is 10.1. The van der Waals surface area contributed by atoms with Crippen LogP contribution in [0.2, 0.25) is 0 Å². The van der Waals surface area contributed by atoms with Gasteiger partial charge in [0.15, 0.2) is 10.9 Å². The third kappa shape index (κ3) is 3.67. The first kappa shape index (κ1) is 14.4. The summed E-state index contributed by atoms with van der Waals surface area (Å²) in [5.74, 6) is 3.30. The molecule has 1 aromatic rings. The molecule has 12 nitrogen and oxygen atoms in total. The molecular weight excluding hydrogens is 258 g/mol. The van der Waals surface area contributed by atoms with Gasteiger partial charge in [-0.15, -0.1) is 0 Å². The maximum Gasteiger partial charge on any atom is 0.264 e. The number of hydrazine groups is 1. The van der Waals surface area contributed by atoms with E-state index < -0.39 is 22.7 Å². The van der Waals surface area contributed by atoms with Crippen LogP contribution in [-0.4, -0.2) is 37.4 Å². The van der Waals surface area contributed by atoms with Crippen molar-refractivity contribution < 1.29 is 9.83 Å². The molecule has 0 aliphatic heterocycles. The van der Waals surface area contributed by atoms with Gasteiger partial charge in [0.05, 0.1) is 5.10 Å². The highest BCUT2D eigenvalue weighted by Gasteiger charge is 2.29. The van der Waals surface area contributed by atoms with Crippen molar-refractivity contribution in [1.82, 2.24) is 20.6 Å². The Morgan fingerprint density at radius 3 is 2.84 bits per heavy atom. The molecule has 1 amide bonds. The van der Waals surface area contributed by atoms with Gasteiger partial charge in [-0.25, -0.2) is 26.1 Å². The van der Waals surface area contributed by atoms with Gasteiger partial charge in [-0.1, -0.05) is 18.4 Å². The van der Waals surface area contributed by atoms with Crippen LogP contribution in [0.4, 0.5) is 5.95 Å². The second kappa shape index (κ2) is 6.34. The summed E-state index contributed by atoms with van der Waals surface area (Å²) in [6, 6.07) is 0. The Hall–Kier alpha value is -2.63. The smallest absolute Gasteiger partial charge is 0.264 e. The summed E-state index contributed by atoms with van der Waals surface area (Å²) in [4.78, 5) is 22.3. The fraction of sp³-hybridized carbons (Fsp3) is 0.571. The molecule has 5 N–H and O–H groups in total. The average molecular weight is 271 g/mol. The molecule has 12 heteroatoms. The number of nitrogens with one attached hydrogen (secondary N) is 1. The molecule has 1 atom stereocenters. The van der Waals surface area contributed by atoms with Crippen molar-refractivity contribution in [2.45, 2.75) is 19.8 Å². The topological polar surface area (TPSA) is 182 Å². The van der Waals surface area contributed by atoms with Crippen molar-refractivity contribution in [1.29, 1.82) is 0 Å². The van der Waals surface area contributed by atoms with Crippen LogP contribution in [0.3, 0.4) is 0 Å². The van der Waals surface area contributed by atoms with Crippen LogP contribution < -0.4 is 16.6 Å². The van der Waals surface area contributed by atoms with Gasteiger partial charge in [-0.05, 0) is 16.8 Å². The van der Waals surface area contributed by atoms with E-state index in [1.165, 1.54) is 0 Å². The molecule has 0 aromatic carbocycles. The van der Waals surface area contributed by atoms with E-state index in [-0.39, 0.29) is 12.4 Å². The molecule has 0 spiro atoms. The Bertz CT molecular complexity index is 470. The zero-order valence-electron chi connectivity index (χ0n) is 10.1. The van der Waals surface area contributed by atoms with Gasteiger partial charge < -0.3 is 5.73 Å². The molecule has 1 unspecified atom stereocenters. The summed E-state index contributed by atoms with van der Waals surface area (Å²) in [5.41, 5.74) is 5.44. The maximum atomic E-state index is 12.1. The number of hydrazone groups is 1. The SMILES string of the molecule is CCCC(C(=O)N(N)c1nnn[nH]1)C(N)=N[N+](=O)[O-]. The van der Waals surface area contributed by atoms with E-state index in [9.17, 15) is 14.9 Å². The lowest BCUT2D eigenvalue weighted by molar-refractivity contribution is -0.485. The van der Waals surface area contributed by atoms with Gasteiger partial charge in [0.1, 0.15) is 5.92 Å². The van der Waals surface area contributed by atoms with Crippen LogP contribution in [0, 0.1) is 16.0 Å². The molecule has 0 aliphatic rings. The van der Waals surface area contributed by atoms with Crippen molar-refractivity contribution in [3.05, 3.63) is 10.1 Å². The Labute approximate surface area is 106 Å². The van der Waals surface area contributed by atoms with Gasteiger partial charge in [0.25, 0.3) is 11.9 Å². The van der Waals surface area contributed by atoms with E-state index in [0.717, 1.165) is 0 Å². The first-order valence-electron chi connectivity index (χ1n) is 5.28. The number of amides is 1. The normalized spacial score (nSPS) is 13.1. The molecule has 0 saturated carbocycles. The molecule has 1 heterocycles. The van der Waals surface area contributed by atoms with Gasteiger partial charge in [-0.3, -0.25) is 4.79 Å². The van der Waals surface area contributed by atoms with Crippen molar-refractivity contribution in [3.63, 3.8) is 0 Å². The lowest BCUT2D eigenvalue weighted by Gasteiger charge is -2.18. The largest absolute Gasteiger partial charge is 0.381 e.